The number of nitrogens with one attached hydrogen (secondary N) is 1. The van der Waals surface area contributed by atoms with E-state index in [0.29, 0.717) is 21.7 Å². The second-order valence-electron chi connectivity index (χ2n) is 3.36. The van der Waals surface area contributed by atoms with Crippen LogP contribution < -0.4 is 5.32 Å². The highest BCUT2D eigenvalue weighted by atomic mass is 35.5. The first-order chi connectivity index (χ1) is 8.16. The van der Waals surface area contributed by atoms with Gasteiger partial charge in [-0.3, -0.25) is 0 Å². The Hall–Kier alpha value is -0.250. The van der Waals surface area contributed by atoms with Crippen molar-refractivity contribution >= 4 is 40.9 Å². The average molecular weight is 295 g/mol. The van der Waals surface area contributed by atoms with Crippen LogP contribution in [0.25, 0.3) is 6.08 Å². The van der Waals surface area contributed by atoms with Gasteiger partial charge in [0.25, 0.3) is 0 Å². The van der Waals surface area contributed by atoms with Gasteiger partial charge in [0, 0.05) is 30.8 Å². The lowest BCUT2D eigenvalue weighted by atomic mass is 10.2. The molecule has 1 aromatic carbocycles. The molecule has 0 amide bonds. The van der Waals surface area contributed by atoms with Crippen LogP contribution in [0.3, 0.4) is 0 Å². The number of ether oxygens (including phenoxy) is 1. The van der Waals surface area contributed by atoms with E-state index in [2.05, 4.69) is 5.32 Å². The van der Waals surface area contributed by atoms with E-state index in [-0.39, 0.29) is 0 Å². The first-order valence-electron chi connectivity index (χ1n) is 5.16. The average Bonchev–Trinajstić information content (AvgIpc) is 2.32. The van der Waals surface area contributed by atoms with Crippen molar-refractivity contribution in [1.29, 1.82) is 0 Å². The van der Waals surface area contributed by atoms with E-state index in [9.17, 15) is 0 Å². The van der Waals surface area contributed by atoms with Gasteiger partial charge < -0.3 is 10.1 Å². The van der Waals surface area contributed by atoms with Crippen molar-refractivity contribution in [3.8, 4) is 0 Å². The van der Waals surface area contributed by atoms with E-state index in [0.717, 1.165) is 18.7 Å². The van der Waals surface area contributed by atoms with Gasteiger partial charge in [-0.2, -0.15) is 0 Å². The second-order valence-corrected chi connectivity index (χ2v) is 4.55. The van der Waals surface area contributed by atoms with Gasteiger partial charge in [-0.05, 0) is 12.1 Å². The third kappa shape index (κ3) is 4.86. The maximum atomic E-state index is 6.05. The Kier molecular flexibility index (Phi) is 6.93. The zero-order valence-electron chi connectivity index (χ0n) is 9.47. The van der Waals surface area contributed by atoms with Gasteiger partial charge >= 0.3 is 0 Å². The van der Waals surface area contributed by atoms with E-state index in [4.69, 9.17) is 39.5 Å². The highest BCUT2D eigenvalue weighted by Crippen LogP contribution is 2.32. The lowest BCUT2D eigenvalue weighted by molar-refractivity contribution is 0.200. The molecule has 1 N–H and O–H groups in total. The van der Waals surface area contributed by atoms with E-state index in [1.54, 1.807) is 19.2 Å². The van der Waals surface area contributed by atoms with Crippen LogP contribution in [0.5, 0.6) is 0 Å². The summed E-state index contributed by atoms with van der Waals surface area (Å²) in [4.78, 5) is 0. The fraction of sp³-hybridized carbons (Fsp3) is 0.333. The maximum absolute atomic E-state index is 6.05. The van der Waals surface area contributed by atoms with Crippen LogP contribution in [0.4, 0.5) is 0 Å². The van der Waals surface area contributed by atoms with Crippen LogP contribution in [0.15, 0.2) is 18.2 Å². The molecule has 0 fully saturated rings. The minimum absolute atomic E-state index is 0.479. The molecular weight excluding hydrogens is 280 g/mol. The molecule has 2 nitrogen and oxygen atoms in total. The summed E-state index contributed by atoms with van der Waals surface area (Å²) in [6.07, 6.45) is 3.80. The van der Waals surface area contributed by atoms with Crippen LogP contribution in [-0.2, 0) is 4.74 Å². The molecule has 1 aromatic rings. The normalized spacial score (nSPS) is 11.3. The van der Waals surface area contributed by atoms with E-state index >= 15 is 0 Å². The summed E-state index contributed by atoms with van der Waals surface area (Å²) < 4.78 is 4.91. The van der Waals surface area contributed by atoms with Crippen LogP contribution >= 0.6 is 34.8 Å². The highest BCUT2D eigenvalue weighted by molar-refractivity contribution is 6.44. The van der Waals surface area contributed by atoms with Crippen LogP contribution in [0, 0.1) is 0 Å². The summed E-state index contributed by atoms with van der Waals surface area (Å²) in [7, 11) is 1.67. The quantitative estimate of drug-likeness (QED) is 0.635. The number of benzene rings is 1. The number of hydrogen-bond donors (Lipinski definition) is 1. The van der Waals surface area contributed by atoms with Gasteiger partial charge in [0.2, 0.25) is 0 Å². The van der Waals surface area contributed by atoms with Gasteiger partial charge in [-0.15, -0.1) is 0 Å². The maximum Gasteiger partial charge on any atom is 0.0679 e. The summed E-state index contributed by atoms with van der Waals surface area (Å²) in [5, 5.41) is 4.75. The minimum Gasteiger partial charge on any atom is -0.383 e. The smallest absolute Gasteiger partial charge is 0.0679 e. The van der Waals surface area contributed by atoms with Gasteiger partial charge in [0.05, 0.1) is 16.7 Å². The van der Waals surface area contributed by atoms with E-state index in [1.807, 2.05) is 12.2 Å². The third-order valence-corrected chi connectivity index (χ3v) is 3.26. The molecule has 17 heavy (non-hydrogen) atoms. The summed E-state index contributed by atoms with van der Waals surface area (Å²) in [6.45, 7) is 2.22. The first kappa shape index (κ1) is 14.8. The Bertz CT molecular complexity index is 394. The molecule has 0 aliphatic carbocycles. The Morgan fingerprint density at radius 3 is 2.65 bits per heavy atom. The van der Waals surface area contributed by atoms with Crippen molar-refractivity contribution in [2.45, 2.75) is 0 Å². The summed E-state index contributed by atoms with van der Waals surface area (Å²) in [5.74, 6) is 0. The Balaban J connectivity index is 2.56. The summed E-state index contributed by atoms with van der Waals surface area (Å²) >= 11 is 18.0. The van der Waals surface area contributed by atoms with Gasteiger partial charge in [-0.1, -0.05) is 47.0 Å². The molecule has 0 heterocycles. The Morgan fingerprint density at radius 1 is 1.24 bits per heavy atom. The summed E-state index contributed by atoms with van der Waals surface area (Å²) in [6, 6.07) is 3.41. The second kappa shape index (κ2) is 7.96. The Labute approximate surface area is 117 Å². The van der Waals surface area contributed by atoms with Crippen LogP contribution in [0.2, 0.25) is 15.1 Å². The van der Waals surface area contributed by atoms with Crippen molar-refractivity contribution in [3.63, 3.8) is 0 Å². The monoisotopic (exact) mass is 293 g/mol. The predicted octanol–water partition coefficient (Wildman–Crippen LogP) is 3.90. The molecule has 0 bridgehead atoms. The lowest BCUT2D eigenvalue weighted by Crippen LogP contribution is -2.18. The fourth-order valence-electron chi connectivity index (χ4n) is 1.23. The van der Waals surface area contributed by atoms with E-state index < -0.39 is 0 Å². The molecule has 0 aliphatic heterocycles. The highest BCUT2D eigenvalue weighted by Gasteiger charge is 2.05. The molecule has 0 radical (unpaired) electrons. The number of methoxy groups -OCH3 is 1. The molecular formula is C12H14Cl3NO. The van der Waals surface area contributed by atoms with Crippen molar-refractivity contribution in [3.05, 3.63) is 38.8 Å². The number of halogens is 3. The van der Waals surface area contributed by atoms with Crippen molar-refractivity contribution in [1.82, 2.24) is 5.32 Å². The van der Waals surface area contributed by atoms with Crippen molar-refractivity contribution in [2.75, 3.05) is 26.8 Å². The van der Waals surface area contributed by atoms with Crippen molar-refractivity contribution in [2.24, 2.45) is 0 Å². The molecule has 0 unspecified atom stereocenters. The van der Waals surface area contributed by atoms with Crippen LogP contribution in [0.1, 0.15) is 5.56 Å². The zero-order chi connectivity index (χ0) is 12.7. The van der Waals surface area contributed by atoms with Gasteiger partial charge in [0.15, 0.2) is 0 Å². The number of rotatable bonds is 6. The zero-order valence-corrected chi connectivity index (χ0v) is 11.7. The van der Waals surface area contributed by atoms with E-state index in [1.165, 1.54) is 0 Å². The molecule has 0 saturated carbocycles. The molecule has 0 atom stereocenters. The molecule has 94 valence electrons. The first-order valence-corrected chi connectivity index (χ1v) is 6.30. The lowest BCUT2D eigenvalue weighted by Gasteiger charge is -2.04. The molecule has 1 rings (SSSR count). The SMILES string of the molecule is COCCNC/C=C/c1c(Cl)ccc(Cl)c1Cl. The largest absolute Gasteiger partial charge is 0.383 e. The minimum atomic E-state index is 0.479. The summed E-state index contributed by atoms with van der Waals surface area (Å²) in [5.41, 5.74) is 0.745. The Morgan fingerprint density at radius 2 is 1.94 bits per heavy atom. The van der Waals surface area contributed by atoms with Gasteiger partial charge in [0.1, 0.15) is 0 Å². The topological polar surface area (TPSA) is 21.3 Å². The van der Waals surface area contributed by atoms with Crippen LogP contribution in [-0.4, -0.2) is 26.8 Å². The third-order valence-electron chi connectivity index (χ3n) is 2.11. The molecule has 0 spiro atoms. The molecule has 0 aromatic heterocycles. The fourth-order valence-corrected chi connectivity index (χ4v) is 1.89. The van der Waals surface area contributed by atoms with Gasteiger partial charge in [-0.25, -0.2) is 0 Å². The predicted molar refractivity (Wildman–Crippen MR) is 75.3 cm³/mol. The van der Waals surface area contributed by atoms with Crippen molar-refractivity contribution < 1.29 is 4.74 Å². The number of hydrogen-bond acceptors (Lipinski definition) is 2. The molecule has 0 aliphatic rings. The molecule has 5 heteroatoms. The molecule has 0 saturated heterocycles. The standard InChI is InChI=1S/C12H14Cl3NO/c1-17-8-7-16-6-2-3-9-10(13)4-5-11(14)12(9)15/h2-5,16H,6-8H2,1H3/b3-2+.